The average molecular weight is 418 g/mol. The van der Waals surface area contributed by atoms with E-state index in [2.05, 4.69) is 81.9 Å². The van der Waals surface area contributed by atoms with Crippen LogP contribution in [0.1, 0.15) is 11.1 Å². The molecule has 0 heterocycles. The maximum absolute atomic E-state index is 6.20. The van der Waals surface area contributed by atoms with Crippen molar-refractivity contribution in [3.05, 3.63) is 107 Å². The van der Waals surface area contributed by atoms with E-state index in [9.17, 15) is 0 Å². The minimum atomic E-state index is 0.546. The lowest BCUT2D eigenvalue weighted by Gasteiger charge is -2.16. The third kappa shape index (κ3) is 4.32. The topological polar surface area (TPSA) is 21.3 Å². The molecule has 0 aliphatic heterocycles. The zero-order chi connectivity index (χ0) is 18.5. The van der Waals surface area contributed by atoms with Crippen LogP contribution in [0.3, 0.4) is 0 Å². The third-order valence-electron chi connectivity index (χ3n) is 4.55. The van der Waals surface area contributed by atoms with Crippen molar-refractivity contribution in [2.75, 3.05) is 5.32 Å². The number of benzene rings is 4. The Bertz CT molecular complexity index is 1030. The van der Waals surface area contributed by atoms with Crippen molar-refractivity contribution in [1.82, 2.24) is 0 Å². The number of ether oxygens (including phenoxy) is 1. The van der Waals surface area contributed by atoms with Gasteiger partial charge in [0.2, 0.25) is 0 Å². The summed E-state index contributed by atoms with van der Waals surface area (Å²) < 4.78 is 7.28. The highest BCUT2D eigenvalue weighted by atomic mass is 79.9. The SMILES string of the molecule is Brc1ccc(COc2ccc3ccccc3c2CNc2ccccc2)cc1. The van der Waals surface area contributed by atoms with Crippen LogP contribution in [-0.4, -0.2) is 0 Å². The van der Waals surface area contributed by atoms with Crippen molar-refractivity contribution in [3.8, 4) is 5.75 Å². The van der Waals surface area contributed by atoms with Gasteiger partial charge in [0.25, 0.3) is 0 Å². The molecule has 4 aromatic carbocycles. The van der Waals surface area contributed by atoms with Gasteiger partial charge in [-0.1, -0.05) is 76.6 Å². The zero-order valence-electron chi connectivity index (χ0n) is 14.9. The largest absolute Gasteiger partial charge is 0.489 e. The highest BCUT2D eigenvalue weighted by Gasteiger charge is 2.09. The van der Waals surface area contributed by atoms with Crippen LogP contribution in [0.25, 0.3) is 10.8 Å². The number of hydrogen-bond acceptors (Lipinski definition) is 2. The molecule has 0 bridgehead atoms. The van der Waals surface area contributed by atoms with E-state index in [0.717, 1.165) is 21.5 Å². The van der Waals surface area contributed by atoms with Gasteiger partial charge in [0.05, 0.1) is 0 Å². The summed E-state index contributed by atoms with van der Waals surface area (Å²) in [6.07, 6.45) is 0. The van der Waals surface area contributed by atoms with E-state index in [1.165, 1.54) is 16.3 Å². The van der Waals surface area contributed by atoms with Crippen LogP contribution in [0.2, 0.25) is 0 Å². The fraction of sp³-hybridized carbons (Fsp3) is 0.0833. The van der Waals surface area contributed by atoms with Crippen molar-refractivity contribution in [2.24, 2.45) is 0 Å². The molecule has 4 aromatic rings. The summed E-state index contributed by atoms with van der Waals surface area (Å²) in [5.41, 5.74) is 3.42. The lowest BCUT2D eigenvalue weighted by atomic mass is 10.0. The molecule has 134 valence electrons. The fourth-order valence-electron chi connectivity index (χ4n) is 3.12. The second kappa shape index (κ2) is 8.28. The molecule has 0 saturated heterocycles. The molecule has 4 rings (SSSR count). The maximum Gasteiger partial charge on any atom is 0.125 e. The van der Waals surface area contributed by atoms with E-state index in [1.54, 1.807) is 0 Å². The fourth-order valence-corrected chi connectivity index (χ4v) is 3.39. The van der Waals surface area contributed by atoms with Crippen molar-refractivity contribution >= 4 is 32.4 Å². The maximum atomic E-state index is 6.20. The predicted octanol–water partition coefficient (Wildman–Crippen LogP) is 6.79. The standard InChI is InChI=1S/C24H20BrNO/c25-20-13-10-18(11-14-20)17-27-24-15-12-19-6-4-5-9-22(19)23(24)16-26-21-7-2-1-3-8-21/h1-15,26H,16-17H2. The first-order chi connectivity index (χ1) is 13.3. The molecule has 0 saturated carbocycles. The number of anilines is 1. The predicted molar refractivity (Wildman–Crippen MR) is 116 cm³/mol. The zero-order valence-corrected chi connectivity index (χ0v) is 16.4. The molecule has 2 nitrogen and oxygen atoms in total. The number of fused-ring (bicyclic) bond motifs is 1. The van der Waals surface area contributed by atoms with Crippen LogP contribution in [0.15, 0.2) is 95.5 Å². The van der Waals surface area contributed by atoms with Gasteiger partial charge < -0.3 is 10.1 Å². The lowest BCUT2D eigenvalue weighted by Crippen LogP contribution is -2.04. The van der Waals surface area contributed by atoms with Gasteiger partial charge >= 0.3 is 0 Å². The first-order valence-electron chi connectivity index (χ1n) is 8.96. The van der Waals surface area contributed by atoms with Crippen molar-refractivity contribution in [1.29, 1.82) is 0 Å². The molecule has 0 aromatic heterocycles. The van der Waals surface area contributed by atoms with E-state index >= 15 is 0 Å². The molecule has 3 heteroatoms. The van der Waals surface area contributed by atoms with Crippen LogP contribution in [0.4, 0.5) is 5.69 Å². The Morgan fingerprint density at radius 1 is 0.741 bits per heavy atom. The smallest absolute Gasteiger partial charge is 0.125 e. The number of nitrogens with one attached hydrogen (secondary N) is 1. The van der Waals surface area contributed by atoms with Crippen molar-refractivity contribution in [2.45, 2.75) is 13.2 Å². The molecule has 27 heavy (non-hydrogen) atoms. The van der Waals surface area contributed by atoms with Gasteiger partial charge in [-0.05, 0) is 46.7 Å². The number of hydrogen-bond donors (Lipinski definition) is 1. The second-order valence-electron chi connectivity index (χ2n) is 6.40. The minimum Gasteiger partial charge on any atom is -0.489 e. The van der Waals surface area contributed by atoms with Gasteiger partial charge in [-0.15, -0.1) is 0 Å². The Morgan fingerprint density at radius 2 is 1.48 bits per heavy atom. The molecule has 0 amide bonds. The molecule has 0 spiro atoms. The normalized spacial score (nSPS) is 10.7. The number of halogens is 1. The van der Waals surface area contributed by atoms with E-state index in [4.69, 9.17) is 4.74 Å². The summed E-state index contributed by atoms with van der Waals surface area (Å²) in [5, 5.41) is 5.95. The van der Waals surface area contributed by atoms with Crippen LogP contribution in [-0.2, 0) is 13.2 Å². The molecule has 0 unspecified atom stereocenters. The molecule has 0 fully saturated rings. The van der Waals surface area contributed by atoms with Crippen LogP contribution in [0.5, 0.6) is 5.75 Å². The summed E-state index contributed by atoms with van der Waals surface area (Å²) in [6, 6.07) is 31.1. The quantitative estimate of drug-likeness (QED) is 0.372. The number of para-hydroxylation sites is 1. The molecule has 0 radical (unpaired) electrons. The molecule has 0 aliphatic rings. The molecule has 1 N–H and O–H groups in total. The van der Waals surface area contributed by atoms with E-state index < -0.39 is 0 Å². The Kier molecular flexibility index (Phi) is 5.40. The summed E-state index contributed by atoms with van der Waals surface area (Å²) >= 11 is 3.47. The van der Waals surface area contributed by atoms with Crippen molar-refractivity contribution in [3.63, 3.8) is 0 Å². The van der Waals surface area contributed by atoms with Crippen LogP contribution >= 0.6 is 15.9 Å². The highest BCUT2D eigenvalue weighted by molar-refractivity contribution is 9.10. The minimum absolute atomic E-state index is 0.546. The number of rotatable bonds is 6. The first kappa shape index (κ1) is 17.6. The monoisotopic (exact) mass is 417 g/mol. The van der Waals surface area contributed by atoms with E-state index in [1.807, 2.05) is 30.3 Å². The highest BCUT2D eigenvalue weighted by Crippen LogP contribution is 2.29. The van der Waals surface area contributed by atoms with Gasteiger partial charge in [0.1, 0.15) is 12.4 Å². The second-order valence-corrected chi connectivity index (χ2v) is 7.31. The van der Waals surface area contributed by atoms with Crippen LogP contribution in [0, 0.1) is 0 Å². The molecular formula is C24H20BrNO. The van der Waals surface area contributed by atoms with Gasteiger partial charge in [0, 0.05) is 22.3 Å². The van der Waals surface area contributed by atoms with Crippen molar-refractivity contribution < 1.29 is 4.74 Å². The van der Waals surface area contributed by atoms with Gasteiger partial charge in [-0.25, -0.2) is 0 Å². The van der Waals surface area contributed by atoms with E-state index in [0.29, 0.717) is 13.2 Å². The lowest BCUT2D eigenvalue weighted by molar-refractivity contribution is 0.304. The third-order valence-corrected chi connectivity index (χ3v) is 5.08. The average Bonchev–Trinajstić information content (AvgIpc) is 2.73. The Morgan fingerprint density at radius 3 is 2.30 bits per heavy atom. The van der Waals surface area contributed by atoms with Crippen LogP contribution < -0.4 is 10.1 Å². The van der Waals surface area contributed by atoms with Gasteiger partial charge in [-0.2, -0.15) is 0 Å². The first-order valence-corrected chi connectivity index (χ1v) is 9.76. The summed E-state index contributed by atoms with van der Waals surface area (Å²) in [6.45, 7) is 1.25. The summed E-state index contributed by atoms with van der Waals surface area (Å²) in [7, 11) is 0. The Balaban J connectivity index is 1.61. The Labute approximate surface area is 167 Å². The molecular weight excluding hydrogens is 398 g/mol. The Hall–Kier alpha value is -2.78. The molecule has 0 atom stereocenters. The molecule has 0 aliphatic carbocycles. The van der Waals surface area contributed by atoms with E-state index in [-0.39, 0.29) is 0 Å². The van der Waals surface area contributed by atoms with Gasteiger partial charge in [0.15, 0.2) is 0 Å². The summed E-state index contributed by atoms with van der Waals surface area (Å²) in [5.74, 6) is 0.917. The van der Waals surface area contributed by atoms with Gasteiger partial charge in [-0.3, -0.25) is 0 Å². The summed E-state index contributed by atoms with van der Waals surface area (Å²) in [4.78, 5) is 0.